The molecule has 0 N–H and O–H groups in total. The van der Waals surface area contributed by atoms with Gasteiger partial charge in [-0.25, -0.2) is 0 Å². The minimum absolute atomic E-state index is 0.241. The van der Waals surface area contributed by atoms with E-state index in [1.165, 1.54) is 44.9 Å². The van der Waals surface area contributed by atoms with E-state index < -0.39 is 5.41 Å². The van der Waals surface area contributed by atoms with Crippen molar-refractivity contribution in [2.24, 2.45) is 23.2 Å². The molecule has 1 aliphatic heterocycles. The van der Waals surface area contributed by atoms with Gasteiger partial charge in [0, 0.05) is 0 Å². The maximum absolute atomic E-state index is 12.0. The van der Waals surface area contributed by atoms with Gasteiger partial charge in [0.2, 0.25) is 0 Å². The van der Waals surface area contributed by atoms with Crippen molar-refractivity contribution in [3.05, 3.63) is 0 Å². The van der Waals surface area contributed by atoms with Gasteiger partial charge in [0.25, 0.3) is 0 Å². The summed E-state index contributed by atoms with van der Waals surface area (Å²) in [6.45, 7) is 6.96. The van der Waals surface area contributed by atoms with Crippen LogP contribution in [0.5, 0.6) is 0 Å². The predicted octanol–water partition coefficient (Wildman–Crippen LogP) is 5.27. The molecular formula is C20H34O3. The fourth-order valence-electron chi connectivity index (χ4n) is 4.45. The third-order valence-electron chi connectivity index (χ3n) is 5.86. The molecule has 1 saturated heterocycles. The zero-order chi connectivity index (χ0) is 16.9. The van der Waals surface area contributed by atoms with Crippen molar-refractivity contribution >= 4 is 11.9 Å². The molecule has 1 aliphatic carbocycles. The van der Waals surface area contributed by atoms with Gasteiger partial charge >= 0.3 is 11.9 Å². The molecule has 2 rings (SSSR count). The Hall–Kier alpha value is -0.860. The Morgan fingerprint density at radius 1 is 1.13 bits per heavy atom. The molecule has 1 spiro atoms. The number of carbonyl (C=O) groups excluding carboxylic acids is 2. The molecule has 0 aromatic carbocycles. The molecule has 1 heterocycles. The summed E-state index contributed by atoms with van der Waals surface area (Å²) < 4.78 is 4.83. The second-order valence-electron chi connectivity index (χ2n) is 8.54. The lowest BCUT2D eigenvalue weighted by atomic mass is 9.67. The first-order valence-electron chi connectivity index (χ1n) is 9.66. The van der Waals surface area contributed by atoms with Crippen LogP contribution in [0.4, 0.5) is 0 Å². The minimum Gasteiger partial charge on any atom is -0.393 e. The molecule has 3 heteroatoms. The number of rotatable bonds is 8. The van der Waals surface area contributed by atoms with Crippen LogP contribution >= 0.6 is 0 Å². The van der Waals surface area contributed by atoms with Gasteiger partial charge in [0.1, 0.15) is 0 Å². The van der Waals surface area contributed by atoms with Gasteiger partial charge in [-0.3, -0.25) is 9.59 Å². The predicted molar refractivity (Wildman–Crippen MR) is 91.8 cm³/mol. The molecule has 1 saturated carbocycles. The second-order valence-corrected chi connectivity index (χ2v) is 8.54. The van der Waals surface area contributed by atoms with Gasteiger partial charge in [-0.2, -0.15) is 0 Å². The zero-order valence-electron chi connectivity index (χ0n) is 15.2. The lowest BCUT2D eigenvalue weighted by molar-refractivity contribution is -0.156. The Morgan fingerprint density at radius 3 is 2.52 bits per heavy atom. The Balaban J connectivity index is 1.68. The summed E-state index contributed by atoms with van der Waals surface area (Å²) in [5.74, 6) is 1.67. The average molecular weight is 322 g/mol. The van der Waals surface area contributed by atoms with Crippen LogP contribution in [0.15, 0.2) is 0 Å². The summed E-state index contributed by atoms with van der Waals surface area (Å²) in [5.41, 5.74) is -0.455. The van der Waals surface area contributed by atoms with Crippen LogP contribution in [0.1, 0.15) is 91.4 Å². The van der Waals surface area contributed by atoms with Crippen molar-refractivity contribution in [1.82, 2.24) is 0 Å². The number of hydrogen-bond acceptors (Lipinski definition) is 3. The first-order chi connectivity index (χ1) is 10.9. The highest BCUT2D eigenvalue weighted by atomic mass is 16.6. The summed E-state index contributed by atoms with van der Waals surface area (Å²) in [5, 5.41) is 0. The number of cyclic esters (lactones) is 2. The molecule has 3 unspecified atom stereocenters. The largest absolute Gasteiger partial charge is 0.393 e. The van der Waals surface area contributed by atoms with E-state index in [0.29, 0.717) is 12.3 Å². The van der Waals surface area contributed by atoms with E-state index in [4.69, 9.17) is 4.74 Å². The van der Waals surface area contributed by atoms with E-state index in [1.807, 2.05) is 0 Å². The summed E-state index contributed by atoms with van der Waals surface area (Å²) in [7, 11) is 0. The highest BCUT2D eigenvalue weighted by Crippen LogP contribution is 2.47. The van der Waals surface area contributed by atoms with Crippen molar-refractivity contribution in [3.8, 4) is 0 Å². The molecule has 3 atom stereocenters. The number of esters is 2. The Bertz CT molecular complexity index is 415. The fourth-order valence-corrected chi connectivity index (χ4v) is 4.45. The molecule has 3 nitrogen and oxygen atoms in total. The molecule has 132 valence electrons. The van der Waals surface area contributed by atoms with E-state index in [9.17, 15) is 9.59 Å². The first kappa shape index (κ1) is 18.5. The van der Waals surface area contributed by atoms with Crippen LogP contribution < -0.4 is 0 Å². The highest BCUT2D eigenvalue weighted by molar-refractivity contribution is 5.97. The molecule has 2 aliphatic rings. The Labute approximate surface area is 141 Å². The zero-order valence-corrected chi connectivity index (χ0v) is 15.2. The van der Waals surface area contributed by atoms with Gasteiger partial charge in [-0.05, 0) is 30.6 Å². The fraction of sp³-hybridized carbons (Fsp3) is 0.900. The number of hydrogen-bond donors (Lipinski definition) is 0. The smallest absolute Gasteiger partial charge is 0.320 e. The molecule has 0 aromatic rings. The molecule has 0 radical (unpaired) electrons. The normalized spacial score (nSPS) is 29.3. The third kappa shape index (κ3) is 5.32. The Kier molecular flexibility index (Phi) is 6.67. The molecule has 23 heavy (non-hydrogen) atoms. The monoisotopic (exact) mass is 322 g/mol. The van der Waals surface area contributed by atoms with Gasteiger partial charge in [-0.1, -0.05) is 72.1 Å². The van der Waals surface area contributed by atoms with Crippen molar-refractivity contribution in [2.75, 3.05) is 0 Å². The van der Waals surface area contributed by atoms with Gasteiger partial charge in [0.15, 0.2) is 0 Å². The van der Waals surface area contributed by atoms with Crippen LogP contribution in [0, 0.1) is 23.2 Å². The maximum Gasteiger partial charge on any atom is 0.320 e. The molecule has 0 bridgehead atoms. The third-order valence-corrected chi connectivity index (χ3v) is 5.86. The summed E-state index contributed by atoms with van der Waals surface area (Å²) in [6.07, 6.45) is 12.1. The molecular weight excluding hydrogens is 288 g/mol. The van der Waals surface area contributed by atoms with E-state index >= 15 is 0 Å². The topological polar surface area (TPSA) is 43.4 Å². The van der Waals surface area contributed by atoms with Crippen LogP contribution in [0.3, 0.4) is 0 Å². The van der Waals surface area contributed by atoms with Crippen LogP contribution in [0.25, 0.3) is 0 Å². The van der Waals surface area contributed by atoms with Crippen molar-refractivity contribution in [2.45, 2.75) is 91.4 Å². The van der Waals surface area contributed by atoms with Crippen molar-refractivity contribution in [3.63, 3.8) is 0 Å². The number of carbonyl (C=O) groups is 2. The molecule has 0 amide bonds. The van der Waals surface area contributed by atoms with Crippen LogP contribution in [-0.4, -0.2) is 11.9 Å². The molecule has 0 aromatic heterocycles. The van der Waals surface area contributed by atoms with Gasteiger partial charge < -0.3 is 4.74 Å². The van der Waals surface area contributed by atoms with Crippen molar-refractivity contribution in [1.29, 1.82) is 0 Å². The minimum atomic E-state index is -0.455. The van der Waals surface area contributed by atoms with Crippen LogP contribution in [0.2, 0.25) is 0 Å². The van der Waals surface area contributed by atoms with Gasteiger partial charge in [0.05, 0.1) is 11.8 Å². The van der Waals surface area contributed by atoms with E-state index in [2.05, 4.69) is 20.8 Å². The standard InChI is InChI=1S/C20H34O3/c1-15(2)7-4-8-16(3)9-5-10-17-11-6-12-20(13-17)14-18(21)23-19(20)22/h15-17H,4-14H2,1-3H3. The van der Waals surface area contributed by atoms with E-state index in [1.54, 1.807) is 0 Å². The highest BCUT2D eigenvalue weighted by Gasteiger charge is 2.51. The van der Waals surface area contributed by atoms with Gasteiger partial charge in [-0.15, -0.1) is 0 Å². The lowest BCUT2D eigenvalue weighted by Gasteiger charge is -2.34. The van der Waals surface area contributed by atoms with E-state index in [0.717, 1.165) is 31.1 Å². The first-order valence-corrected chi connectivity index (χ1v) is 9.66. The summed E-state index contributed by atoms with van der Waals surface area (Å²) >= 11 is 0. The summed E-state index contributed by atoms with van der Waals surface area (Å²) in [4.78, 5) is 23.5. The SMILES string of the molecule is CC(C)CCCC(C)CCCC1CCCC2(CC(=O)OC2=O)C1. The lowest BCUT2D eigenvalue weighted by Crippen LogP contribution is -2.33. The number of ether oxygens (including phenoxy) is 1. The Morgan fingerprint density at radius 2 is 1.87 bits per heavy atom. The van der Waals surface area contributed by atoms with E-state index in [-0.39, 0.29) is 11.9 Å². The summed E-state index contributed by atoms with van der Waals surface area (Å²) in [6, 6.07) is 0. The average Bonchev–Trinajstić information content (AvgIpc) is 2.72. The van der Waals surface area contributed by atoms with Crippen LogP contribution in [-0.2, 0) is 14.3 Å². The quantitative estimate of drug-likeness (QED) is 0.451. The molecule has 2 fully saturated rings. The second kappa shape index (κ2) is 8.30. The maximum atomic E-state index is 12.0. The van der Waals surface area contributed by atoms with Crippen molar-refractivity contribution < 1.29 is 14.3 Å².